The van der Waals surface area contributed by atoms with Crippen molar-refractivity contribution in [3.8, 4) is 24.3 Å². The zero-order valence-corrected chi connectivity index (χ0v) is 22.9. The van der Waals surface area contributed by atoms with Gasteiger partial charge < -0.3 is 0 Å². The fourth-order valence-electron chi connectivity index (χ4n) is 4.68. The van der Waals surface area contributed by atoms with Gasteiger partial charge in [0.2, 0.25) is 0 Å². The van der Waals surface area contributed by atoms with Gasteiger partial charge in [0.05, 0.1) is 46.5 Å². The molecule has 0 bridgehead atoms. The van der Waals surface area contributed by atoms with Crippen molar-refractivity contribution in [2.24, 2.45) is 0 Å². The zero-order chi connectivity index (χ0) is 27.1. The number of hydrogen-bond acceptors (Lipinski definition) is 4. The Morgan fingerprint density at radius 3 is 0.842 bits per heavy atom. The molecule has 0 heterocycles. The van der Waals surface area contributed by atoms with Crippen molar-refractivity contribution in [3.05, 3.63) is 119 Å². The first-order chi connectivity index (χ1) is 18.5. The van der Waals surface area contributed by atoms with E-state index in [1.54, 1.807) is 0 Å². The Morgan fingerprint density at radius 1 is 0.421 bits per heavy atom. The van der Waals surface area contributed by atoms with Crippen LogP contribution in [0.3, 0.4) is 0 Å². The van der Waals surface area contributed by atoms with Crippen LogP contribution in [-0.2, 0) is 0 Å². The summed E-state index contributed by atoms with van der Waals surface area (Å²) in [6, 6.07) is 39.9. The second kappa shape index (κ2) is 12.3. The van der Waals surface area contributed by atoms with E-state index in [2.05, 4.69) is 38.1 Å². The number of nitrogens with zero attached hydrogens (tertiary/aromatic N) is 4. The predicted octanol–water partition coefficient (Wildman–Crippen LogP) is 5.52. The molecular formula is C32H24N4P2. The quantitative estimate of drug-likeness (QED) is 0.297. The first-order valence-corrected chi connectivity index (χ1v) is 14.9. The molecule has 0 aliphatic carbocycles. The van der Waals surface area contributed by atoms with Crippen molar-refractivity contribution in [2.75, 3.05) is 0 Å². The minimum absolute atomic E-state index is 0.0126. The summed E-state index contributed by atoms with van der Waals surface area (Å²) in [6.45, 7) is 4.36. The van der Waals surface area contributed by atoms with Crippen LogP contribution in [0.25, 0.3) is 0 Å². The molecule has 0 radical (unpaired) electrons. The van der Waals surface area contributed by atoms with Gasteiger partial charge in [-0.25, -0.2) is 0 Å². The fraction of sp³-hybridized carbons (Fsp3) is 0.125. The molecule has 2 unspecified atom stereocenters. The topological polar surface area (TPSA) is 95.2 Å². The summed E-state index contributed by atoms with van der Waals surface area (Å²) < 4.78 is 0. The molecule has 182 valence electrons. The molecular weight excluding hydrogens is 502 g/mol. The lowest BCUT2D eigenvalue weighted by Crippen LogP contribution is -2.34. The maximum absolute atomic E-state index is 9.99. The molecule has 4 nitrogen and oxygen atoms in total. The second-order valence-electron chi connectivity index (χ2n) is 8.74. The van der Waals surface area contributed by atoms with Gasteiger partial charge in [0.1, 0.15) is 0 Å². The van der Waals surface area contributed by atoms with E-state index < -0.39 is 15.8 Å². The van der Waals surface area contributed by atoms with Gasteiger partial charge in [0, 0.05) is 0 Å². The van der Waals surface area contributed by atoms with E-state index in [-0.39, 0.29) is 11.3 Å². The van der Waals surface area contributed by atoms with Crippen LogP contribution in [0.4, 0.5) is 0 Å². The van der Waals surface area contributed by atoms with Crippen molar-refractivity contribution in [2.45, 2.75) is 25.2 Å². The highest BCUT2D eigenvalue weighted by Gasteiger charge is 2.35. The molecule has 4 aromatic carbocycles. The third kappa shape index (κ3) is 5.21. The summed E-state index contributed by atoms with van der Waals surface area (Å²) in [5.74, 6) is 0. The maximum atomic E-state index is 9.99. The van der Waals surface area contributed by atoms with Gasteiger partial charge in [-0.05, 0) is 72.6 Å². The van der Waals surface area contributed by atoms with E-state index in [0.29, 0.717) is 22.3 Å². The lowest BCUT2D eigenvalue weighted by molar-refractivity contribution is 0.911. The summed E-state index contributed by atoms with van der Waals surface area (Å²) in [5.41, 5.74) is 2.43. The van der Waals surface area contributed by atoms with Gasteiger partial charge >= 0.3 is 0 Å². The molecule has 0 aliphatic heterocycles. The third-order valence-corrected chi connectivity index (χ3v) is 13.0. The average molecular weight is 527 g/mol. The molecule has 0 aliphatic rings. The van der Waals surface area contributed by atoms with E-state index in [4.69, 9.17) is 0 Å². The second-order valence-corrected chi connectivity index (χ2v) is 13.8. The van der Waals surface area contributed by atoms with Crippen LogP contribution < -0.4 is 21.2 Å². The smallest absolute Gasteiger partial charge is 0.0998 e. The Hall–Kier alpha value is -4.30. The molecule has 0 saturated heterocycles. The van der Waals surface area contributed by atoms with Gasteiger partial charge in [-0.2, -0.15) is 21.0 Å². The summed E-state index contributed by atoms with van der Waals surface area (Å²) in [6.07, 6.45) is 0. The van der Waals surface area contributed by atoms with Crippen molar-refractivity contribution in [3.63, 3.8) is 0 Å². The minimum Gasteiger partial charge on any atom is -0.192 e. The highest BCUT2D eigenvalue weighted by molar-refractivity contribution is 7.77. The highest BCUT2D eigenvalue weighted by atomic mass is 31.1. The molecule has 2 atom stereocenters. The van der Waals surface area contributed by atoms with Crippen molar-refractivity contribution in [1.29, 1.82) is 21.0 Å². The molecule has 4 aromatic rings. The number of benzene rings is 4. The number of hydrogen-bond donors (Lipinski definition) is 0. The third-order valence-electron chi connectivity index (χ3n) is 6.65. The van der Waals surface area contributed by atoms with E-state index in [9.17, 15) is 21.0 Å². The maximum Gasteiger partial charge on any atom is 0.0998 e. The van der Waals surface area contributed by atoms with Gasteiger partial charge in [0.15, 0.2) is 0 Å². The Morgan fingerprint density at radius 2 is 0.632 bits per heavy atom. The largest absolute Gasteiger partial charge is 0.192 e. The van der Waals surface area contributed by atoms with Gasteiger partial charge in [-0.1, -0.05) is 86.6 Å². The Balaban J connectivity index is 1.97. The molecule has 0 saturated carbocycles. The molecule has 0 spiro atoms. The van der Waals surface area contributed by atoms with Crippen LogP contribution in [0, 0.1) is 45.3 Å². The van der Waals surface area contributed by atoms with Crippen LogP contribution in [0.1, 0.15) is 36.1 Å². The number of rotatable bonds is 7. The molecule has 6 heteroatoms. The van der Waals surface area contributed by atoms with Gasteiger partial charge in [-0.3, -0.25) is 0 Å². The fourth-order valence-corrected chi connectivity index (χ4v) is 11.1. The van der Waals surface area contributed by atoms with Crippen LogP contribution in [0.15, 0.2) is 97.1 Å². The number of nitriles is 4. The normalized spacial score (nSPS) is 12.1. The van der Waals surface area contributed by atoms with E-state index >= 15 is 0 Å². The SMILES string of the molecule is CC(C(C)P(c1ccccc1C#N)c1ccccc1C#N)P(c1ccccc1C#N)c1ccccc1C#N. The first kappa shape index (κ1) is 26.8. The Kier molecular flexibility index (Phi) is 8.66. The standard InChI is InChI=1S/C32H24N4P2/c1-23(37(29-15-7-3-11-25(29)19-33)30-16-8-4-12-26(30)20-34)24(2)38(31-17-9-5-13-27(31)21-35)32-18-10-6-14-28(32)22-36/h3-18,23-24H,1-2H3. The van der Waals surface area contributed by atoms with E-state index in [1.807, 2.05) is 97.1 Å². The Labute approximate surface area is 226 Å². The molecule has 0 fully saturated rings. The lowest BCUT2D eigenvalue weighted by Gasteiger charge is -2.36. The van der Waals surface area contributed by atoms with Crippen molar-refractivity contribution >= 4 is 37.1 Å². The molecule has 0 amide bonds. The Bertz CT molecular complexity index is 1400. The van der Waals surface area contributed by atoms with Crippen LogP contribution >= 0.6 is 15.8 Å². The average Bonchev–Trinajstić information content (AvgIpc) is 2.98. The van der Waals surface area contributed by atoms with E-state index in [0.717, 1.165) is 21.2 Å². The minimum atomic E-state index is -1.14. The molecule has 38 heavy (non-hydrogen) atoms. The lowest BCUT2D eigenvalue weighted by atomic mass is 10.2. The zero-order valence-electron chi connectivity index (χ0n) is 21.1. The summed E-state index contributed by atoms with van der Waals surface area (Å²) >= 11 is 0. The molecule has 4 rings (SSSR count). The predicted molar refractivity (Wildman–Crippen MR) is 156 cm³/mol. The van der Waals surface area contributed by atoms with Gasteiger partial charge in [0.25, 0.3) is 0 Å². The van der Waals surface area contributed by atoms with Crippen LogP contribution in [0.5, 0.6) is 0 Å². The summed E-state index contributed by atoms with van der Waals surface area (Å²) in [4.78, 5) is 0. The molecule has 0 N–H and O–H groups in total. The first-order valence-electron chi connectivity index (χ1n) is 12.1. The monoisotopic (exact) mass is 526 g/mol. The van der Waals surface area contributed by atoms with Crippen LogP contribution in [0.2, 0.25) is 0 Å². The summed E-state index contributed by atoms with van der Waals surface area (Å²) in [5, 5.41) is 43.7. The summed E-state index contributed by atoms with van der Waals surface area (Å²) in [7, 11) is -2.28. The molecule has 0 aromatic heterocycles. The van der Waals surface area contributed by atoms with Gasteiger partial charge in [-0.15, -0.1) is 0 Å². The van der Waals surface area contributed by atoms with Crippen molar-refractivity contribution < 1.29 is 0 Å². The van der Waals surface area contributed by atoms with E-state index in [1.165, 1.54) is 0 Å². The van der Waals surface area contributed by atoms with Crippen LogP contribution in [-0.4, -0.2) is 11.3 Å². The highest BCUT2D eigenvalue weighted by Crippen LogP contribution is 2.52. The van der Waals surface area contributed by atoms with Crippen molar-refractivity contribution in [1.82, 2.24) is 0 Å².